The molecule has 3 aromatic heterocycles. The number of thiol groups is 1. The van der Waals surface area contributed by atoms with Crippen LogP contribution >= 0.6 is 12.8 Å². The van der Waals surface area contributed by atoms with Crippen molar-refractivity contribution in [3.8, 4) is 11.4 Å². The zero-order chi connectivity index (χ0) is 19.0. The number of nitrogens with zero attached hydrogens (tertiary/aromatic N) is 6. The SMILES string of the molecule is CC(C)n1ccc(-c2cnc3ccc(NC(=O)N(S)CC4CC4)nc3n2)n1. The summed E-state index contributed by atoms with van der Waals surface area (Å²) < 4.78 is 3.26. The number of pyridine rings is 1. The molecule has 4 rings (SSSR count). The first-order valence-electron chi connectivity index (χ1n) is 8.96. The molecule has 1 aliphatic carbocycles. The molecule has 1 saturated carbocycles. The number of carbonyl (C=O) groups excluding carboxylic acids is 1. The molecular weight excluding hydrogens is 362 g/mol. The Kier molecular flexibility index (Phi) is 4.69. The highest BCUT2D eigenvalue weighted by Gasteiger charge is 2.25. The molecule has 0 unspecified atom stereocenters. The lowest BCUT2D eigenvalue weighted by Crippen LogP contribution is -2.29. The molecule has 0 aliphatic heterocycles. The maximum absolute atomic E-state index is 12.2. The number of anilines is 1. The third-order valence-corrected chi connectivity index (χ3v) is 4.75. The first kappa shape index (κ1) is 17.7. The fourth-order valence-electron chi connectivity index (χ4n) is 2.65. The van der Waals surface area contributed by atoms with Crippen molar-refractivity contribution in [3.05, 3.63) is 30.6 Å². The van der Waals surface area contributed by atoms with E-state index < -0.39 is 0 Å². The highest BCUT2D eigenvalue weighted by Crippen LogP contribution is 2.30. The van der Waals surface area contributed by atoms with Gasteiger partial charge in [0.1, 0.15) is 22.7 Å². The third kappa shape index (κ3) is 4.02. The van der Waals surface area contributed by atoms with Crippen LogP contribution in [0.3, 0.4) is 0 Å². The molecule has 3 aromatic rings. The van der Waals surface area contributed by atoms with Gasteiger partial charge >= 0.3 is 6.03 Å². The van der Waals surface area contributed by atoms with E-state index in [0.29, 0.717) is 35.1 Å². The number of nitrogens with one attached hydrogen (secondary N) is 1. The molecule has 27 heavy (non-hydrogen) atoms. The molecule has 1 fully saturated rings. The minimum absolute atomic E-state index is 0.270. The first-order valence-corrected chi connectivity index (χ1v) is 9.36. The molecule has 0 radical (unpaired) electrons. The summed E-state index contributed by atoms with van der Waals surface area (Å²) in [6, 6.07) is 5.37. The Balaban J connectivity index is 1.55. The van der Waals surface area contributed by atoms with Crippen LogP contribution in [-0.4, -0.2) is 41.6 Å². The average Bonchev–Trinajstić information content (AvgIpc) is 3.32. The molecule has 0 aromatic carbocycles. The third-order valence-electron chi connectivity index (χ3n) is 4.40. The molecule has 8 nitrogen and oxygen atoms in total. The highest BCUT2D eigenvalue weighted by molar-refractivity contribution is 7.78. The monoisotopic (exact) mass is 383 g/mol. The van der Waals surface area contributed by atoms with E-state index in [-0.39, 0.29) is 12.1 Å². The van der Waals surface area contributed by atoms with Crippen LogP contribution in [0.4, 0.5) is 10.6 Å². The van der Waals surface area contributed by atoms with Crippen molar-refractivity contribution in [1.82, 2.24) is 29.0 Å². The van der Waals surface area contributed by atoms with Gasteiger partial charge in [-0.25, -0.2) is 14.8 Å². The van der Waals surface area contributed by atoms with Gasteiger partial charge in [-0.1, -0.05) is 12.8 Å². The Labute approximate surface area is 162 Å². The van der Waals surface area contributed by atoms with Gasteiger partial charge < -0.3 is 0 Å². The lowest BCUT2D eigenvalue weighted by Gasteiger charge is -2.15. The van der Waals surface area contributed by atoms with E-state index in [4.69, 9.17) is 0 Å². The van der Waals surface area contributed by atoms with E-state index in [1.807, 2.05) is 16.9 Å². The standard InChI is InChI=1S/C18H21N7OS/c1-11(2)24-8-7-13(23-24)15-9-19-14-5-6-16(21-17(14)20-15)22-18(26)25(27)10-12-3-4-12/h5-9,11-12,27H,3-4,10H2,1-2H3,(H,20,21,22,26). The van der Waals surface area contributed by atoms with Gasteiger partial charge in [-0.15, -0.1) is 0 Å². The lowest BCUT2D eigenvalue weighted by molar-refractivity contribution is 0.238. The Morgan fingerprint density at radius 1 is 1.30 bits per heavy atom. The second-order valence-corrected chi connectivity index (χ2v) is 7.51. The van der Waals surface area contributed by atoms with Crippen LogP contribution < -0.4 is 5.32 Å². The van der Waals surface area contributed by atoms with Crippen molar-refractivity contribution in [2.24, 2.45) is 5.92 Å². The molecule has 0 saturated heterocycles. The number of urea groups is 1. The maximum Gasteiger partial charge on any atom is 0.332 e. The van der Waals surface area contributed by atoms with Crippen molar-refractivity contribution >= 4 is 35.8 Å². The summed E-state index contributed by atoms with van der Waals surface area (Å²) in [5.74, 6) is 0.985. The van der Waals surface area contributed by atoms with E-state index in [2.05, 4.69) is 52.0 Å². The summed E-state index contributed by atoms with van der Waals surface area (Å²) in [6.07, 6.45) is 5.91. The fraction of sp³-hybridized carbons (Fsp3) is 0.389. The van der Waals surface area contributed by atoms with Gasteiger partial charge in [-0.05, 0) is 50.8 Å². The molecule has 0 atom stereocenters. The molecule has 2 amide bonds. The normalized spacial score (nSPS) is 13.9. The molecular formula is C18H21N7OS. The van der Waals surface area contributed by atoms with Crippen LogP contribution in [0.5, 0.6) is 0 Å². The topological polar surface area (TPSA) is 88.8 Å². The van der Waals surface area contributed by atoms with Gasteiger partial charge in [0.25, 0.3) is 0 Å². The number of amides is 2. The van der Waals surface area contributed by atoms with E-state index in [1.165, 1.54) is 4.31 Å². The van der Waals surface area contributed by atoms with Crippen LogP contribution in [0.2, 0.25) is 0 Å². The summed E-state index contributed by atoms with van der Waals surface area (Å²) in [5.41, 5.74) is 2.49. The van der Waals surface area contributed by atoms with Crippen molar-refractivity contribution in [2.45, 2.75) is 32.7 Å². The smallest absolute Gasteiger partial charge is 0.291 e. The lowest BCUT2D eigenvalue weighted by atomic mass is 10.3. The van der Waals surface area contributed by atoms with Gasteiger partial charge in [0, 0.05) is 18.8 Å². The van der Waals surface area contributed by atoms with Crippen molar-refractivity contribution < 1.29 is 4.79 Å². The van der Waals surface area contributed by atoms with E-state index in [9.17, 15) is 4.79 Å². The zero-order valence-corrected chi connectivity index (χ0v) is 16.1. The van der Waals surface area contributed by atoms with Gasteiger partial charge in [-0.3, -0.25) is 19.3 Å². The first-order chi connectivity index (χ1) is 13.0. The maximum atomic E-state index is 12.2. The summed E-state index contributed by atoms with van der Waals surface area (Å²) in [5, 5.41) is 7.27. The summed E-state index contributed by atoms with van der Waals surface area (Å²) in [7, 11) is 0. The van der Waals surface area contributed by atoms with Crippen LogP contribution in [0, 0.1) is 5.92 Å². The minimum Gasteiger partial charge on any atom is -0.291 e. The van der Waals surface area contributed by atoms with Crippen molar-refractivity contribution in [1.29, 1.82) is 0 Å². The number of hydrogen-bond donors (Lipinski definition) is 2. The van der Waals surface area contributed by atoms with E-state index in [0.717, 1.165) is 18.5 Å². The fourth-order valence-corrected chi connectivity index (χ4v) is 2.94. The van der Waals surface area contributed by atoms with Gasteiger partial charge in [0.2, 0.25) is 0 Å². The van der Waals surface area contributed by atoms with Gasteiger partial charge in [0.05, 0.1) is 6.20 Å². The Morgan fingerprint density at radius 2 is 2.11 bits per heavy atom. The Morgan fingerprint density at radius 3 is 2.81 bits per heavy atom. The Bertz CT molecular complexity index is 983. The molecule has 0 bridgehead atoms. The molecule has 140 valence electrons. The minimum atomic E-state index is -0.295. The van der Waals surface area contributed by atoms with E-state index >= 15 is 0 Å². The quantitative estimate of drug-likeness (QED) is 0.658. The molecule has 1 aliphatic rings. The highest BCUT2D eigenvalue weighted by atomic mass is 32.1. The van der Waals surface area contributed by atoms with Gasteiger partial charge in [0.15, 0.2) is 5.65 Å². The number of aromatic nitrogens is 5. The van der Waals surface area contributed by atoms with Crippen LogP contribution in [-0.2, 0) is 0 Å². The van der Waals surface area contributed by atoms with Gasteiger partial charge in [-0.2, -0.15) is 5.10 Å². The number of rotatable bonds is 5. The van der Waals surface area contributed by atoms with Crippen LogP contribution in [0.1, 0.15) is 32.7 Å². The molecule has 3 heterocycles. The number of hydrogen-bond acceptors (Lipinski definition) is 6. The summed E-state index contributed by atoms with van der Waals surface area (Å²) >= 11 is 4.25. The number of fused-ring (bicyclic) bond motifs is 1. The second kappa shape index (κ2) is 7.15. The Hall–Kier alpha value is -2.68. The van der Waals surface area contributed by atoms with Crippen molar-refractivity contribution in [3.63, 3.8) is 0 Å². The largest absolute Gasteiger partial charge is 0.332 e. The molecule has 9 heteroatoms. The number of carbonyl (C=O) groups is 1. The predicted molar refractivity (Wildman–Crippen MR) is 106 cm³/mol. The molecule has 1 N–H and O–H groups in total. The second-order valence-electron chi connectivity index (χ2n) is 7.02. The molecule has 0 spiro atoms. The average molecular weight is 383 g/mol. The van der Waals surface area contributed by atoms with Crippen molar-refractivity contribution in [2.75, 3.05) is 11.9 Å². The van der Waals surface area contributed by atoms with Crippen LogP contribution in [0.15, 0.2) is 30.6 Å². The summed E-state index contributed by atoms with van der Waals surface area (Å²) in [4.78, 5) is 25.6. The predicted octanol–water partition coefficient (Wildman–Crippen LogP) is 3.56. The van der Waals surface area contributed by atoms with Crippen LogP contribution in [0.25, 0.3) is 22.6 Å². The summed E-state index contributed by atoms with van der Waals surface area (Å²) in [6.45, 7) is 4.77. The zero-order valence-electron chi connectivity index (χ0n) is 15.2. The van der Waals surface area contributed by atoms with E-state index in [1.54, 1.807) is 18.3 Å².